The number of thioether (sulfide) groups is 1. The molecule has 0 fully saturated rings. The Morgan fingerprint density at radius 3 is 2.59 bits per heavy atom. The highest BCUT2D eigenvalue weighted by Gasteiger charge is 2.26. The number of hydrogen-bond donors (Lipinski definition) is 1. The molecule has 1 N–H and O–H groups in total. The molecule has 0 radical (unpaired) electrons. The SMILES string of the molecule is CC(C)C(C)(O)CSc1ccccc1[N+](=O)[O-]. The van der Waals surface area contributed by atoms with Crippen molar-refractivity contribution in [1.29, 1.82) is 0 Å². The van der Waals surface area contributed by atoms with E-state index in [2.05, 4.69) is 0 Å². The summed E-state index contributed by atoms with van der Waals surface area (Å²) >= 11 is 1.32. The highest BCUT2D eigenvalue weighted by molar-refractivity contribution is 7.99. The Bertz CT molecular complexity index is 404. The first-order valence-corrected chi connectivity index (χ1v) is 6.42. The molecule has 0 saturated heterocycles. The molecule has 0 aliphatic rings. The molecule has 17 heavy (non-hydrogen) atoms. The molecule has 4 nitrogen and oxygen atoms in total. The molecule has 5 heteroatoms. The second-order valence-electron chi connectivity index (χ2n) is 4.53. The largest absolute Gasteiger partial charge is 0.389 e. The summed E-state index contributed by atoms with van der Waals surface area (Å²) in [6.07, 6.45) is 0. The predicted octanol–water partition coefficient (Wildman–Crippen LogP) is 3.09. The number of para-hydroxylation sites is 1. The van der Waals surface area contributed by atoms with E-state index in [4.69, 9.17) is 0 Å². The van der Waals surface area contributed by atoms with E-state index in [0.717, 1.165) is 0 Å². The number of rotatable bonds is 5. The second-order valence-corrected chi connectivity index (χ2v) is 5.54. The molecule has 0 heterocycles. The van der Waals surface area contributed by atoms with Crippen molar-refractivity contribution < 1.29 is 10.0 Å². The van der Waals surface area contributed by atoms with Crippen LogP contribution in [0.1, 0.15) is 20.8 Å². The van der Waals surface area contributed by atoms with Gasteiger partial charge in [-0.3, -0.25) is 10.1 Å². The summed E-state index contributed by atoms with van der Waals surface area (Å²) < 4.78 is 0. The molecule has 0 bridgehead atoms. The van der Waals surface area contributed by atoms with Crippen molar-refractivity contribution in [1.82, 2.24) is 0 Å². The zero-order valence-electron chi connectivity index (χ0n) is 10.2. The van der Waals surface area contributed by atoms with E-state index < -0.39 is 10.5 Å². The first-order valence-electron chi connectivity index (χ1n) is 5.43. The number of hydrogen-bond acceptors (Lipinski definition) is 4. The van der Waals surface area contributed by atoms with Crippen molar-refractivity contribution >= 4 is 17.4 Å². The second kappa shape index (κ2) is 5.51. The summed E-state index contributed by atoms with van der Waals surface area (Å²) in [5.74, 6) is 0.549. The Hall–Kier alpha value is -1.07. The standard InChI is InChI=1S/C12H17NO3S/c1-9(2)12(3,14)8-17-11-7-5-4-6-10(11)13(15)16/h4-7,9,14H,8H2,1-3H3. The lowest BCUT2D eigenvalue weighted by atomic mass is 9.95. The summed E-state index contributed by atoms with van der Waals surface area (Å²) in [5, 5.41) is 20.9. The van der Waals surface area contributed by atoms with E-state index in [1.807, 2.05) is 13.8 Å². The van der Waals surface area contributed by atoms with Gasteiger partial charge in [0.15, 0.2) is 0 Å². The van der Waals surface area contributed by atoms with Crippen LogP contribution in [0.4, 0.5) is 5.69 Å². The van der Waals surface area contributed by atoms with Gasteiger partial charge in [0.25, 0.3) is 5.69 Å². The summed E-state index contributed by atoms with van der Waals surface area (Å²) in [7, 11) is 0. The van der Waals surface area contributed by atoms with Crippen molar-refractivity contribution in [2.45, 2.75) is 31.3 Å². The van der Waals surface area contributed by atoms with E-state index in [1.54, 1.807) is 25.1 Å². The molecule has 1 rings (SSSR count). The summed E-state index contributed by atoms with van der Waals surface area (Å²) in [6, 6.07) is 6.59. The minimum Gasteiger partial charge on any atom is -0.389 e. The third kappa shape index (κ3) is 3.71. The average Bonchev–Trinajstić information content (AvgIpc) is 2.26. The number of nitrogens with zero attached hydrogens (tertiary/aromatic N) is 1. The molecule has 1 unspecified atom stereocenters. The van der Waals surface area contributed by atoms with E-state index in [9.17, 15) is 15.2 Å². The van der Waals surface area contributed by atoms with Gasteiger partial charge in [0, 0.05) is 11.8 Å². The Morgan fingerprint density at radius 2 is 2.06 bits per heavy atom. The molecule has 0 aromatic heterocycles. The van der Waals surface area contributed by atoms with Crippen molar-refractivity contribution in [2.75, 3.05) is 5.75 Å². The zero-order valence-corrected chi connectivity index (χ0v) is 11.0. The molecule has 94 valence electrons. The monoisotopic (exact) mass is 255 g/mol. The van der Waals surface area contributed by atoms with Gasteiger partial charge in [-0.05, 0) is 18.9 Å². The minimum atomic E-state index is -0.825. The maximum absolute atomic E-state index is 10.8. The van der Waals surface area contributed by atoms with Crippen LogP contribution in [-0.4, -0.2) is 21.4 Å². The fourth-order valence-corrected chi connectivity index (χ4v) is 2.37. The Labute approximate surface area is 105 Å². The molecule has 0 aliphatic heterocycles. The van der Waals surface area contributed by atoms with Crippen LogP contribution in [0, 0.1) is 16.0 Å². The van der Waals surface area contributed by atoms with E-state index in [-0.39, 0.29) is 11.6 Å². The Balaban J connectivity index is 2.79. The fraction of sp³-hybridized carbons (Fsp3) is 0.500. The lowest BCUT2D eigenvalue weighted by Crippen LogP contribution is -2.33. The summed E-state index contributed by atoms with van der Waals surface area (Å²) in [6.45, 7) is 5.61. The molecular weight excluding hydrogens is 238 g/mol. The number of nitro groups is 1. The number of nitro benzene ring substituents is 1. The van der Waals surface area contributed by atoms with Crippen LogP contribution in [0.5, 0.6) is 0 Å². The van der Waals surface area contributed by atoms with Crippen molar-refractivity contribution in [3.63, 3.8) is 0 Å². The van der Waals surface area contributed by atoms with Gasteiger partial charge < -0.3 is 5.11 Å². The van der Waals surface area contributed by atoms with Crippen LogP contribution >= 0.6 is 11.8 Å². The number of benzene rings is 1. The molecule has 0 spiro atoms. The maximum atomic E-state index is 10.8. The molecule has 1 aromatic carbocycles. The van der Waals surface area contributed by atoms with Gasteiger partial charge in [-0.2, -0.15) is 0 Å². The van der Waals surface area contributed by atoms with Gasteiger partial charge in [0.05, 0.1) is 15.4 Å². The van der Waals surface area contributed by atoms with Gasteiger partial charge in [-0.1, -0.05) is 26.0 Å². The quantitative estimate of drug-likeness (QED) is 0.499. The van der Waals surface area contributed by atoms with Gasteiger partial charge in [-0.25, -0.2) is 0 Å². The molecule has 1 aromatic rings. The molecule has 1 atom stereocenters. The van der Waals surface area contributed by atoms with Gasteiger partial charge in [0.1, 0.15) is 0 Å². The van der Waals surface area contributed by atoms with Crippen LogP contribution in [0.15, 0.2) is 29.2 Å². The first kappa shape index (κ1) is 14.0. The van der Waals surface area contributed by atoms with Gasteiger partial charge in [0.2, 0.25) is 0 Å². The van der Waals surface area contributed by atoms with Crippen molar-refractivity contribution in [2.24, 2.45) is 5.92 Å². The van der Waals surface area contributed by atoms with Crippen LogP contribution < -0.4 is 0 Å². The Morgan fingerprint density at radius 1 is 1.47 bits per heavy atom. The van der Waals surface area contributed by atoms with Gasteiger partial charge in [-0.15, -0.1) is 11.8 Å². The van der Waals surface area contributed by atoms with Crippen LogP contribution in [0.25, 0.3) is 0 Å². The third-order valence-corrected chi connectivity index (χ3v) is 4.21. The lowest BCUT2D eigenvalue weighted by molar-refractivity contribution is -0.387. The Kier molecular flexibility index (Phi) is 4.54. The zero-order chi connectivity index (χ0) is 13.1. The van der Waals surface area contributed by atoms with E-state index in [1.165, 1.54) is 17.8 Å². The van der Waals surface area contributed by atoms with Gasteiger partial charge >= 0.3 is 0 Å². The average molecular weight is 255 g/mol. The van der Waals surface area contributed by atoms with E-state index >= 15 is 0 Å². The highest BCUT2D eigenvalue weighted by Crippen LogP contribution is 2.32. The van der Waals surface area contributed by atoms with Crippen LogP contribution in [-0.2, 0) is 0 Å². The normalized spacial score (nSPS) is 14.6. The van der Waals surface area contributed by atoms with Crippen LogP contribution in [0.2, 0.25) is 0 Å². The maximum Gasteiger partial charge on any atom is 0.282 e. The first-order chi connectivity index (χ1) is 7.84. The fourth-order valence-electron chi connectivity index (χ4n) is 1.12. The van der Waals surface area contributed by atoms with Crippen molar-refractivity contribution in [3.8, 4) is 0 Å². The third-order valence-electron chi connectivity index (χ3n) is 2.83. The molecule has 0 aliphatic carbocycles. The summed E-state index contributed by atoms with van der Waals surface area (Å²) in [5.41, 5.74) is -0.731. The highest BCUT2D eigenvalue weighted by atomic mass is 32.2. The van der Waals surface area contributed by atoms with Crippen LogP contribution in [0.3, 0.4) is 0 Å². The summed E-state index contributed by atoms with van der Waals surface area (Å²) in [4.78, 5) is 11.0. The molecular formula is C12H17NO3S. The number of aliphatic hydroxyl groups is 1. The molecule has 0 amide bonds. The predicted molar refractivity (Wildman–Crippen MR) is 69.3 cm³/mol. The minimum absolute atomic E-state index is 0.0945. The van der Waals surface area contributed by atoms with Crippen molar-refractivity contribution in [3.05, 3.63) is 34.4 Å². The molecule has 0 saturated carbocycles. The smallest absolute Gasteiger partial charge is 0.282 e. The topological polar surface area (TPSA) is 63.4 Å². The lowest BCUT2D eigenvalue weighted by Gasteiger charge is -2.27. The van der Waals surface area contributed by atoms with E-state index in [0.29, 0.717) is 10.6 Å².